The lowest BCUT2D eigenvalue weighted by Gasteiger charge is -2.24. The van der Waals surface area contributed by atoms with Crippen LogP contribution in [0.1, 0.15) is 26.3 Å². The van der Waals surface area contributed by atoms with E-state index in [0.717, 1.165) is 10.2 Å². The smallest absolute Gasteiger partial charge is 0.420 e. The van der Waals surface area contributed by atoms with Gasteiger partial charge in [-0.2, -0.15) is 0 Å². The molecule has 2 aromatic rings. The zero-order valence-electron chi connectivity index (χ0n) is 12.3. The molecule has 8 heteroatoms. The largest absolute Gasteiger partial charge is 0.465 e. The van der Waals surface area contributed by atoms with E-state index in [-0.39, 0.29) is 6.54 Å². The molecule has 22 heavy (non-hydrogen) atoms. The van der Waals surface area contributed by atoms with Crippen LogP contribution in [0.5, 0.6) is 0 Å². The number of hydrogen-bond acceptors (Lipinski definition) is 5. The molecule has 0 saturated carbocycles. The van der Waals surface area contributed by atoms with Crippen molar-refractivity contribution in [2.75, 3.05) is 0 Å². The third kappa shape index (κ3) is 3.95. The number of carboxylic acid groups (broad SMARTS) is 1. The van der Waals surface area contributed by atoms with Gasteiger partial charge >= 0.3 is 12.2 Å². The monoisotopic (exact) mass is 386 g/mol. The number of hydrogen-bond donors (Lipinski definition) is 1. The minimum absolute atomic E-state index is 0.0871. The van der Waals surface area contributed by atoms with Gasteiger partial charge in [0.15, 0.2) is 3.92 Å². The van der Waals surface area contributed by atoms with Crippen LogP contribution in [0.2, 0.25) is 0 Å². The Bertz CT molecular complexity index is 723. The van der Waals surface area contributed by atoms with Gasteiger partial charge in [0.25, 0.3) is 0 Å². The van der Waals surface area contributed by atoms with Crippen LogP contribution in [-0.4, -0.2) is 32.8 Å². The Balaban J connectivity index is 2.31. The number of rotatable bonds is 2. The molecule has 1 aromatic heterocycles. The van der Waals surface area contributed by atoms with E-state index in [0.29, 0.717) is 14.4 Å². The molecule has 0 radical (unpaired) electrons. The van der Waals surface area contributed by atoms with Gasteiger partial charge in [0.2, 0.25) is 0 Å². The Morgan fingerprint density at radius 3 is 2.68 bits per heavy atom. The number of fused-ring (bicyclic) bond motifs is 1. The van der Waals surface area contributed by atoms with Crippen LogP contribution < -0.4 is 0 Å². The molecule has 1 heterocycles. The van der Waals surface area contributed by atoms with Crippen molar-refractivity contribution in [3.05, 3.63) is 27.7 Å². The number of benzene rings is 1. The molecule has 1 N–H and O–H groups in total. The number of thiazole rings is 1. The maximum Gasteiger partial charge on any atom is 0.420 e. The number of carbonyl (C=O) groups excluding carboxylic acids is 1. The van der Waals surface area contributed by atoms with E-state index in [1.54, 1.807) is 32.9 Å². The Morgan fingerprint density at radius 1 is 1.41 bits per heavy atom. The van der Waals surface area contributed by atoms with E-state index in [1.165, 1.54) is 11.3 Å². The average molecular weight is 387 g/mol. The molecular formula is C14H15BrN2O4S. The highest BCUT2D eigenvalue weighted by molar-refractivity contribution is 9.11. The summed E-state index contributed by atoms with van der Waals surface area (Å²) in [5, 5.41) is 9.28. The fourth-order valence-corrected chi connectivity index (χ4v) is 3.27. The summed E-state index contributed by atoms with van der Waals surface area (Å²) < 4.78 is 6.68. The van der Waals surface area contributed by atoms with Crippen LogP contribution in [0.3, 0.4) is 0 Å². The molecule has 2 amide bonds. The number of imide groups is 1. The van der Waals surface area contributed by atoms with Gasteiger partial charge in [0, 0.05) is 0 Å². The summed E-state index contributed by atoms with van der Waals surface area (Å²) in [6.07, 6.45) is -2.24. The van der Waals surface area contributed by atoms with Crippen molar-refractivity contribution in [3.63, 3.8) is 0 Å². The topological polar surface area (TPSA) is 79.7 Å². The van der Waals surface area contributed by atoms with E-state index < -0.39 is 17.8 Å². The number of carbonyl (C=O) groups is 2. The molecule has 0 aliphatic carbocycles. The third-order valence-corrected chi connectivity index (χ3v) is 4.24. The van der Waals surface area contributed by atoms with E-state index >= 15 is 0 Å². The highest BCUT2D eigenvalue weighted by Crippen LogP contribution is 2.30. The van der Waals surface area contributed by atoms with Crippen LogP contribution in [0.4, 0.5) is 9.59 Å². The predicted molar refractivity (Wildman–Crippen MR) is 87.1 cm³/mol. The number of amides is 2. The summed E-state index contributed by atoms with van der Waals surface area (Å²) in [5.41, 5.74) is 0.697. The lowest BCUT2D eigenvalue weighted by atomic mass is 10.2. The van der Waals surface area contributed by atoms with E-state index in [4.69, 9.17) is 4.74 Å². The molecule has 0 atom stereocenters. The molecule has 2 rings (SSSR count). The fourth-order valence-electron chi connectivity index (χ4n) is 1.80. The number of nitrogens with zero attached hydrogens (tertiary/aromatic N) is 2. The number of ether oxygens (including phenoxy) is 1. The van der Waals surface area contributed by atoms with E-state index in [2.05, 4.69) is 20.9 Å². The first-order valence-electron chi connectivity index (χ1n) is 6.45. The van der Waals surface area contributed by atoms with Gasteiger partial charge in [-0.3, -0.25) is 0 Å². The van der Waals surface area contributed by atoms with Crippen molar-refractivity contribution in [1.82, 2.24) is 9.88 Å². The van der Waals surface area contributed by atoms with Crippen LogP contribution in [0, 0.1) is 0 Å². The Kier molecular flexibility index (Phi) is 4.72. The van der Waals surface area contributed by atoms with Crippen molar-refractivity contribution < 1.29 is 19.4 Å². The summed E-state index contributed by atoms with van der Waals surface area (Å²) >= 11 is 4.70. The standard InChI is InChI=1S/C14H15BrN2O4S/c1-14(2,3)21-13(20)17(12(18)19)7-8-5-4-6-9-10(8)22-11(15)16-9/h4-6H,7H2,1-3H3,(H,18,19). The number of halogens is 1. The Morgan fingerprint density at radius 2 is 2.09 bits per heavy atom. The second kappa shape index (κ2) is 6.21. The highest BCUT2D eigenvalue weighted by Gasteiger charge is 2.27. The normalized spacial score (nSPS) is 11.5. The Hall–Kier alpha value is -1.67. The summed E-state index contributed by atoms with van der Waals surface area (Å²) in [6, 6.07) is 5.38. The highest BCUT2D eigenvalue weighted by atomic mass is 79.9. The van der Waals surface area contributed by atoms with Gasteiger partial charge in [-0.1, -0.05) is 12.1 Å². The first kappa shape index (κ1) is 16.7. The second-order valence-electron chi connectivity index (χ2n) is 5.58. The first-order chi connectivity index (χ1) is 10.2. The molecule has 0 bridgehead atoms. The molecule has 1 aromatic carbocycles. The molecule has 0 aliphatic rings. The van der Waals surface area contributed by atoms with Crippen molar-refractivity contribution in [2.24, 2.45) is 0 Å². The minimum atomic E-state index is -1.35. The molecule has 0 spiro atoms. The van der Waals surface area contributed by atoms with E-state index in [1.807, 2.05) is 6.07 Å². The summed E-state index contributed by atoms with van der Waals surface area (Å²) in [6.45, 7) is 4.97. The molecular weight excluding hydrogens is 372 g/mol. The van der Waals surface area contributed by atoms with Gasteiger partial charge in [-0.15, -0.1) is 11.3 Å². The first-order valence-corrected chi connectivity index (χ1v) is 8.06. The molecule has 0 fully saturated rings. The fraction of sp³-hybridized carbons (Fsp3) is 0.357. The van der Waals surface area contributed by atoms with Crippen LogP contribution >= 0.6 is 27.3 Å². The summed E-state index contributed by atoms with van der Waals surface area (Å²) in [5.74, 6) is 0. The maximum absolute atomic E-state index is 12.0. The zero-order chi connectivity index (χ0) is 16.5. The quantitative estimate of drug-likeness (QED) is 0.822. The molecule has 118 valence electrons. The molecule has 0 saturated heterocycles. The van der Waals surface area contributed by atoms with Crippen LogP contribution in [0.25, 0.3) is 10.2 Å². The van der Waals surface area contributed by atoms with Crippen molar-refractivity contribution in [3.8, 4) is 0 Å². The minimum Gasteiger partial charge on any atom is -0.465 e. The lowest BCUT2D eigenvalue weighted by molar-refractivity contribution is 0.0256. The lowest BCUT2D eigenvalue weighted by Crippen LogP contribution is -2.39. The Labute approximate surface area is 139 Å². The van der Waals surface area contributed by atoms with Crippen molar-refractivity contribution in [1.29, 1.82) is 0 Å². The van der Waals surface area contributed by atoms with E-state index in [9.17, 15) is 14.7 Å². The molecule has 0 aliphatic heterocycles. The van der Waals surface area contributed by atoms with Crippen molar-refractivity contribution >= 4 is 49.7 Å². The SMILES string of the molecule is CC(C)(C)OC(=O)N(Cc1cccc2nc(Br)sc12)C(=O)O. The van der Waals surface area contributed by atoms with Gasteiger partial charge in [-0.25, -0.2) is 19.5 Å². The van der Waals surface area contributed by atoms with Gasteiger partial charge in [0.1, 0.15) is 5.60 Å². The maximum atomic E-state index is 12.0. The second-order valence-corrected chi connectivity index (χ2v) is 7.86. The summed E-state index contributed by atoms with van der Waals surface area (Å²) in [4.78, 5) is 28.4. The average Bonchev–Trinajstić information content (AvgIpc) is 2.74. The zero-order valence-corrected chi connectivity index (χ0v) is 14.7. The molecule has 0 unspecified atom stereocenters. The van der Waals surface area contributed by atoms with Crippen LogP contribution in [-0.2, 0) is 11.3 Å². The van der Waals surface area contributed by atoms with Gasteiger partial charge in [0.05, 0.1) is 16.8 Å². The summed E-state index contributed by atoms with van der Waals surface area (Å²) in [7, 11) is 0. The van der Waals surface area contributed by atoms with Gasteiger partial charge < -0.3 is 9.84 Å². The third-order valence-electron chi connectivity index (χ3n) is 2.64. The number of aromatic nitrogens is 1. The predicted octanol–water partition coefficient (Wildman–Crippen LogP) is 4.47. The van der Waals surface area contributed by atoms with Crippen molar-refractivity contribution in [2.45, 2.75) is 32.9 Å². The molecule has 6 nitrogen and oxygen atoms in total. The van der Waals surface area contributed by atoms with Gasteiger partial charge in [-0.05, 0) is 48.3 Å². The van der Waals surface area contributed by atoms with Crippen LogP contribution in [0.15, 0.2) is 22.1 Å².